The van der Waals surface area contributed by atoms with Crippen LogP contribution in [-0.4, -0.2) is 11.6 Å². The first kappa shape index (κ1) is 20.3. The zero-order chi connectivity index (χ0) is 18.9. The molecule has 0 heterocycles. The highest BCUT2D eigenvalue weighted by atomic mass is 35.5. The molecule has 0 aliphatic rings. The van der Waals surface area contributed by atoms with Crippen LogP contribution in [0.5, 0.6) is 0 Å². The Hall–Kier alpha value is -2.00. The van der Waals surface area contributed by atoms with Crippen molar-refractivity contribution in [2.75, 3.05) is 0 Å². The van der Waals surface area contributed by atoms with Crippen LogP contribution in [0.1, 0.15) is 78.1 Å². The summed E-state index contributed by atoms with van der Waals surface area (Å²) >= 11 is 5.94. The molecule has 0 saturated carbocycles. The molecule has 0 N–H and O–H groups in total. The van der Waals surface area contributed by atoms with Crippen LogP contribution in [0, 0.1) is 5.82 Å². The maximum Gasteiger partial charge on any atom is 0.194 e. The van der Waals surface area contributed by atoms with E-state index in [2.05, 4.69) is 6.92 Å². The highest BCUT2D eigenvalue weighted by Crippen LogP contribution is 2.21. The van der Waals surface area contributed by atoms with E-state index in [9.17, 15) is 14.0 Å². The molecular weight excluding hydrogens is 351 g/mol. The van der Waals surface area contributed by atoms with Crippen molar-refractivity contribution < 1.29 is 14.0 Å². The summed E-state index contributed by atoms with van der Waals surface area (Å²) < 4.78 is 13.1. The second-order valence-electron chi connectivity index (χ2n) is 6.47. The molecule has 0 spiro atoms. The predicted octanol–water partition coefficient (Wildman–Crippen LogP) is 6.64. The van der Waals surface area contributed by atoms with Crippen molar-refractivity contribution in [2.24, 2.45) is 0 Å². The van der Waals surface area contributed by atoms with Gasteiger partial charge in [-0.05, 0) is 24.6 Å². The molecular formula is C22H24ClFO2. The van der Waals surface area contributed by atoms with E-state index in [-0.39, 0.29) is 22.2 Å². The van der Waals surface area contributed by atoms with Gasteiger partial charge in [0.15, 0.2) is 11.6 Å². The maximum atomic E-state index is 13.1. The second-order valence-corrected chi connectivity index (χ2v) is 6.88. The average molecular weight is 375 g/mol. The van der Waals surface area contributed by atoms with Crippen molar-refractivity contribution in [1.82, 2.24) is 0 Å². The molecule has 0 amide bonds. The van der Waals surface area contributed by atoms with Crippen LogP contribution in [-0.2, 0) is 0 Å². The second kappa shape index (κ2) is 10.2. The first-order valence-corrected chi connectivity index (χ1v) is 9.53. The molecule has 2 aromatic carbocycles. The molecule has 0 aliphatic carbocycles. The number of unbranched alkanes of at least 4 members (excludes halogenated alkanes) is 5. The van der Waals surface area contributed by atoms with Gasteiger partial charge in [0.2, 0.25) is 0 Å². The predicted molar refractivity (Wildman–Crippen MR) is 104 cm³/mol. The number of hydrogen-bond acceptors (Lipinski definition) is 2. The number of hydrogen-bond donors (Lipinski definition) is 0. The van der Waals surface area contributed by atoms with Crippen LogP contribution in [0.4, 0.5) is 4.39 Å². The number of benzene rings is 2. The van der Waals surface area contributed by atoms with E-state index in [0.29, 0.717) is 17.5 Å². The first-order chi connectivity index (χ1) is 12.5. The normalized spacial score (nSPS) is 10.7. The minimum atomic E-state index is -0.484. The maximum absolute atomic E-state index is 13.1. The fourth-order valence-corrected chi connectivity index (χ4v) is 3.10. The molecule has 0 aliphatic heterocycles. The third kappa shape index (κ3) is 5.77. The minimum Gasteiger partial charge on any atom is -0.294 e. The van der Waals surface area contributed by atoms with E-state index in [1.807, 2.05) is 0 Å². The molecule has 0 radical (unpaired) electrons. The third-order valence-corrected chi connectivity index (χ3v) is 4.71. The monoisotopic (exact) mass is 374 g/mol. The fraction of sp³-hybridized carbons (Fsp3) is 0.364. The van der Waals surface area contributed by atoms with Crippen molar-refractivity contribution in [1.29, 1.82) is 0 Å². The quantitative estimate of drug-likeness (QED) is 0.345. The number of ketones is 2. The Morgan fingerprint density at radius 3 is 2.15 bits per heavy atom. The van der Waals surface area contributed by atoms with E-state index < -0.39 is 5.82 Å². The number of carbonyl (C=O) groups is 2. The zero-order valence-corrected chi connectivity index (χ0v) is 15.8. The number of halogens is 2. The summed E-state index contributed by atoms with van der Waals surface area (Å²) in [6, 6.07) is 10.3. The molecule has 0 saturated heterocycles. The van der Waals surface area contributed by atoms with Crippen molar-refractivity contribution >= 4 is 23.2 Å². The summed E-state index contributed by atoms with van der Waals surface area (Å²) in [7, 11) is 0. The van der Waals surface area contributed by atoms with Gasteiger partial charge in [0.05, 0.1) is 5.02 Å². The molecule has 4 heteroatoms. The number of rotatable bonds is 10. The van der Waals surface area contributed by atoms with Crippen LogP contribution < -0.4 is 0 Å². The Morgan fingerprint density at radius 2 is 1.50 bits per heavy atom. The lowest BCUT2D eigenvalue weighted by Gasteiger charge is -2.06. The standard InChI is InChI=1S/C22H24ClFO2/c1-2-3-4-5-6-7-8-21(25)16-9-11-17(12-10-16)22(26)19-14-13-18(24)15-20(19)23/h9-15H,2-8H2,1H3. The lowest BCUT2D eigenvalue weighted by atomic mass is 9.99. The van der Waals surface area contributed by atoms with Gasteiger partial charge in [0.1, 0.15) is 5.82 Å². The van der Waals surface area contributed by atoms with Crippen LogP contribution in [0.15, 0.2) is 42.5 Å². The lowest BCUT2D eigenvalue weighted by molar-refractivity contribution is 0.0977. The molecule has 0 atom stereocenters. The molecule has 0 fully saturated rings. The van der Waals surface area contributed by atoms with Gasteiger partial charge in [0.25, 0.3) is 0 Å². The molecule has 26 heavy (non-hydrogen) atoms. The number of Topliss-reactive ketones (excluding diaryl/α,β-unsaturated/α-hetero) is 1. The van der Waals surface area contributed by atoms with E-state index in [0.717, 1.165) is 18.9 Å². The molecule has 2 nitrogen and oxygen atoms in total. The summed E-state index contributed by atoms with van der Waals surface area (Å²) in [4.78, 5) is 24.7. The molecule has 2 aromatic rings. The Morgan fingerprint density at radius 1 is 0.885 bits per heavy atom. The van der Waals surface area contributed by atoms with Crippen LogP contribution in [0.25, 0.3) is 0 Å². The smallest absolute Gasteiger partial charge is 0.194 e. The molecule has 0 bridgehead atoms. The van der Waals surface area contributed by atoms with Crippen LogP contribution >= 0.6 is 11.6 Å². The van der Waals surface area contributed by atoms with Crippen molar-refractivity contribution in [3.8, 4) is 0 Å². The van der Waals surface area contributed by atoms with Gasteiger partial charge in [-0.3, -0.25) is 9.59 Å². The summed E-state index contributed by atoms with van der Waals surface area (Å²) in [5.74, 6) is -0.675. The Balaban J connectivity index is 1.93. The summed E-state index contributed by atoms with van der Waals surface area (Å²) in [5.41, 5.74) is 1.29. The van der Waals surface area contributed by atoms with Gasteiger partial charge < -0.3 is 0 Å². The van der Waals surface area contributed by atoms with Gasteiger partial charge >= 0.3 is 0 Å². The Bertz CT molecular complexity index is 753. The summed E-state index contributed by atoms with van der Waals surface area (Å²) in [6.07, 6.45) is 7.37. The van der Waals surface area contributed by atoms with Crippen molar-refractivity contribution in [3.63, 3.8) is 0 Å². The van der Waals surface area contributed by atoms with Gasteiger partial charge in [-0.1, -0.05) is 74.9 Å². The summed E-state index contributed by atoms with van der Waals surface area (Å²) in [6.45, 7) is 2.18. The minimum absolute atomic E-state index is 0.0817. The van der Waals surface area contributed by atoms with E-state index in [4.69, 9.17) is 11.6 Å². The van der Waals surface area contributed by atoms with Crippen molar-refractivity contribution in [2.45, 2.75) is 51.9 Å². The van der Waals surface area contributed by atoms with Crippen LogP contribution in [0.3, 0.4) is 0 Å². The number of carbonyl (C=O) groups excluding carboxylic acids is 2. The molecule has 138 valence electrons. The molecule has 0 aromatic heterocycles. The highest BCUT2D eigenvalue weighted by molar-refractivity contribution is 6.35. The van der Waals surface area contributed by atoms with Crippen molar-refractivity contribution in [3.05, 3.63) is 70.0 Å². The largest absolute Gasteiger partial charge is 0.294 e. The fourth-order valence-electron chi connectivity index (χ4n) is 2.85. The molecule has 0 unspecified atom stereocenters. The van der Waals surface area contributed by atoms with E-state index in [1.165, 1.54) is 37.8 Å². The zero-order valence-electron chi connectivity index (χ0n) is 15.1. The van der Waals surface area contributed by atoms with Gasteiger partial charge in [-0.2, -0.15) is 0 Å². The van der Waals surface area contributed by atoms with Crippen LogP contribution in [0.2, 0.25) is 5.02 Å². The highest BCUT2D eigenvalue weighted by Gasteiger charge is 2.14. The SMILES string of the molecule is CCCCCCCCC(=O)c1ccc(C(=O)c2ccc(F)cc2Cl)cc1. The Kier molecular flexibility index (Phi) is 7.99. The Labute approximate surface area is 159 Å². The van der Waals surface area contributed by atoms with Gasteiger partial charge in [0, 0.05) is 23.1 Å². The first-order valence-electron chi connectivity index (χ1n) is 9.16. The van der Waals surface area contributed by atoms with E-state index >= 15 is 0 Å². The average Bonchev–Trinajstić information content (AvgIpc) is 2.64. The topological polar surface area (TPSA) is 34.1 Å². The molecule has 2 rings (SSSR count). The lowest BCUT2D eigenvalue weighted by Crippen LogP contribution is -2.04. The van der Waals surface area contributed by atoms with E-state index in [1.54, 1.807) is 24.3 Å². The third-order valence-electron chi connectivity index (χ3n) is 4.40. The van der Waals surface area contributed by atoms with Gasteiger partial charge in [-0.25, -0.2) is 4.39 Å². The van der Waals surface area contributed by atoms with Gasteiger partial charge in [-0.15, -0.1) is 0 Å². The summed E-state index contributed by atoms with van der Waals surface area (Å²) in [5, 5.41) is 0.0817.